The summed E-state index contributed by atoms with van der Waals surface area (Å²) in [4.78, 5) is 85.6. The normalized spacial score (nSPS) is 11.5. The fourth-order valence-electron chi connectivity index (χ4n) is 8.81. The van der Waals surface area contributed by atoms with Crippen LogP contribution in [0.15, 0.2) is 91.1 Å². The van der Waals surface area contributed by atoms with Gasteiger partial charge in [-0.25, -0.2) is 34.9 Å². The van der Waals surface area contributed by atoms with Crippen molar-refractivity contribution in [2.75, 3.05) is 63.2 Å². The third kappa shape index (κ3) is 12.5. The number of hydrogen-bond acceptors (Lipinski definition) is 24. The number of aliphatic carboxylic acids is 1. The smallest absolute Gasteiger partial charge is 0.311 e. The molecule has 7 aromatic heterocycles. The number of fused-ring (bicyclic) bond motifs is 9. The van der Waals surface area contributed by atoms with Crippen molar-refractivity contribution in [1.29, 1.82) is 0 Å². The predicted octanol–water partition coefficient (Wildman–Crippen LogP) is 4.90. The number of para-hydroxylation sites is 4. The maximum Gasteiger partial charge on any atom is 0.311 e. The number of nitrogens with one attached hydrogen (secondary N) is 1. The number of carbonyl (C=O) groups excluding carboxylic acids is 3. The van der Waals surface area contributed by atoms with Gasteiger partial charge in [-0.05, 0) is 67.1 Å². The average Bonchev–Trinajstić information content (AvgIpc) is 4.22. The molecule has 0 fully saturated rings. The molecule has 1 aliphatic heterocycles. The molecule has 424 valence electrons. The average molecular weight is 1150 g/mol. The van der Waals surface area contributed by atoms with Crippen molar-refractivity contribution in [3.8, 4) is 23.0 Å². The highest BCUT2D eigenvalue weighted by Gasteiger charge is 2.26. The molecule has 1 amide bonds. The van der Waals surface area contributed by atoms with Gasteiger partial charge in [0, 0.05) is 34.3 Å². The van der Waals surface area contributed by atoms with E-state index >= 15 is 0 Å². The zero-order valence-corrected chi connectivity index (χ0v) is 45.8. The van der Waals surface area contributed by atoms with Crippen LogP contribution < -0.4 is 47.2 Å². The molecule has 12 rings (SSSR count). The number of ether oxygens (including phenoxy) is 4. The quantitative estimate of drug-likeness (QED) is 0.0660. The summed E-state index contributed by atoms with van der Waals surface area (Å²) in [5.41, 5.74) is 28.5. The number of rotatable bonds is 13. The maximum atomic E-state index is 12.8. The van der Waals surface area contributed by atoms with E-state index in [1.54, 1.807) is 67.8 Å². The number of carboxylic acids is 1. The zero-order valence-electron chi connectivity index (χ0n) is 45.1. The largest absolute Gasteiger partial charge is 0.494 e. The number of pyridine rings is 1. The monoisotopic (exact) mass is 1150 g/mol. The first-order chi connectivity index (χ1) is 40.0. The number of carboxylic acid groups (broad SMARTS) is 1. The van der Waals surface area contributed by atoms with Crippen LogP contribution in [-0.4, -0.2) is 133 Å². The molecule has 10 N–H and O–H groups in total. The summed E-state index contributed by atoms with van der Waals surface area (Å²) >= 11 is 5.90. The van der Waals surface area contributed by atoms with Gasteiger partial charge < -0.3 is 57.2 Å². The standard InChI is InChI=1S/C19H17N7O2.C14H16N4O3.C12H11N5O3.C9H8ClN3O/c1-28-14-6-2-5-12-17(14)23-19(20)26-18(12)22-15(24-26)8-16(27)25-9-11-4-3-7-21-13(11)10-25;1-8(19)6-9(20)7-16-13-10-4-3-5-11(21-2)12(10)17-14(15)18-13;1-20-7-4-2-3-6-10(7)15-12(13)17-11(6)14-8(16-17)5-9(18)19;1-14-6-4-2-3-5-7(6)12-9(11)13-8(5)10/h2-7H,8-10H2,1H3,(H2,20,23);3-5H,6-7H2,1-2H3,(H3,15,16,17,18);2-4H,5H2,1H3,(H2,13,15)(H,18,19);2-4H,1H3,(H2,11,12,13). The van der Waals surface area contributed by atoms with E-state index in [2.05, 4.69) is 60.4 Å². The maximum absolute atomic E-state index is 12.8. The molecule has 0 saturated heterocycles. The first-order valence-corrected chi connectivity index (χ1v) is 25.3. The number of Topliss-reactive ketones (excluding diaryl/α,β-unsaturated/α-hetero) is 2. The molecule has 29 heteroatoms. The van der Waals surface area contributed by atoms with E-state index in [9.17, 15) is 19.2 Å². The minimum atomic E-state index is -1.01. The second kappa shape index (κ2) is 24.6. The third-order valence-corrected chi connectivity index (χ3v) is 12.8. The molecule has 1 aliphatic rings. The fourth-order valence-corrected chi connectivity index (χ4v) is 9.05. The summed E-state index contributed by atoms with van der Waals surface area (Å²) in [5, 5.41) is 23.4. The first kappa shape index (κ1) is 56.8. The van der Waals surface area contributed by atoms with Gasteiger partial charge in [-0.3, -0.25) is 24.2 Å². The van der Waals surface area contributed by atoms with E-state index in [1.807, 2.05) is 42.5 Å². The summed E-state index contributed by atoms with van der Waals surface area (Å²) in [6, 6.07) is 25.6. The van der Waals surface area contributed by atoms with Gasteiger partial charge >= 0.3 is 5.97 Å². The minimum Gasteiger partial charge on any atom is -0.494 e. The molecule has 8 heterocycles. The van der Waals surface area contributed by atoms with Gasteiger partial charge in [0.05, 0.1) is 60.1 Å². The Labute approximate surface area is 474 Å². The number of aromatic nitrogens is 13. The Morgan fingerprint density at radius 1 is 0.590 bits per heavy atom. The molecular formula is C54H52ClN19O9. The number of amides is 1. The Balaban J connectivity index is 0.000000137. The van der Waals surface area contributed by atoms with Crippen molar-refractivity contribution in [2.24, 2.45) is 0 Å². The van der Waals surface area contributed by atoms with Crippen molar-refractivity contribution < 1.29 is 43.2 Å². The summed E-state index contributed by atoms with van der Waals surface area (Å²) in [6.07, 6.45) is 1.45. The second-order valence-corrected chi connectivity index (χ2v) is 18.4. The number of nitrogens with zero attached hydrogens (tertiary/aromatic N) is 14. The SMILES string of the molecule is COc1cccc2c(Cl)nc(N)nc12.COc1cccc2c(NCC(=O)CC(C)=O)nc(N)nc12.COc1cccc2c1nc(N)n1nc(CC(=O)N3Cc4cccnc4C3)nc21.COc1cccc2c1nc(N)n1nc(CC(=O)O)nc21. The summed E-state index contributed by atoms with van der Waals surface area (Å²) in [6.45, 7) is 2.44. The Bertz CT molecular complexity index is 4290. The topological polar surface area (TPSA) is 395 Å². The van der Waals surface area contributed by atoms with Gasteiger partial charge in [-0.15, -0.1) is 10.2 Å². The molecule has 28 nitrogen and oxygen atoms in total. The summed E-state index contributed by atoms with van der Waals surface area (Å²) in [7, 11) is 6.22. The van der Waals surface area contributed by atoms with E-state index < -0.39 is 5.97 Å². The van der Waals surface area contributed by atoms with E-state index in [1.165, 1.54) is 30.2 Å². The van der Waals surface area contributed by atoms with Gasteiger partial charge in [-0.2, -0.15) is 14.0 Å². The van der Waals surface area contributed by atoms with Crippen molar-refractivity contribution in [3.63, 3.8) is 0 Å². The van der Waals surface area contributed by atoms with Gasteiger partial charge in [0.15, 0.2) is 28.7 Å². The predicted molar refractivity (Wildman–Crippen MR) is 307 cm³/mol. The van der Waals surface area contributed by atoms with E-state index in [4.69, 9.17) is 58.6 Å². The highest BCUT2D eigenvalue weighted by Crippen LogP contribution is 2.32. The van der Waals surface area contributed by atoms with Crippen molar-refractivity contribution >= 4 is 120 Å². The molecule has 11 aromatic rings. The molecule has 0 radical (unpaired) electrons. The number of nitrogen functional groups attached to an aromatic ring is 4. The van der Waals surface area contributed by atoms with Crippen molar-refractivity contribution in [2.45, 2.75) is 39.3 Å². The number of nitrogens with two attached hydrogens (primary N) is 4. The fraction of sp³-hybridized carbons (Fsp3) is 0.204. The zero-order chi connectivity index (χ0) is 59.1. The van der Waals surface area contributed by atoms with Crippen LogP contribution in [0.5, 0.6) is 23.0 Å². The number of anilines is 5. The Morgan fingerprint density at radius 2 is 1.07 bits per heavy atom. The highest BCUT2D eigenvalue weighted by atomic mass is 35.5. The Hall–Kier alpha value is -10.9. The van der Waals surface area contributed by atoms with Crippen molar-refractivity contribution in [3.05, 3.63) is 119 Å². The lowest BCUT2D eigenvalue weighted by atomic mass is 10.2. The van der Waals surface area contributed by atoms with E-state index in [0.717, 1.165) is 22.0 Å². The lowest BCUT2D eigenvalue weighted by molar-refractivity contribution is -0.136. The summed E-state index contributed by atoms with van der Waals surface area (Å²) < 4.78 is 23.8. The van der Waals surface area contributed by atoms with Crippen LogP contribution in [0.2, 0.25) is 5.15 Å². The van der Waals surface area contributed by atoms with Crippen LogP contribution in [0.1, 0.15) is 36.3 Å². The molecule has 83 heavy (non-hydrogen) atoms. The molecule has 0 bridgehead atoms. The number of carbonyl (C=O) groups is 4. The minimum absolute atomic E-state index is 0.00232. The number of ketones is 2. The van der Waals surface area contributed by atoms with E-state index in [0.29, 0.717) is 97.0 Å². The lowest BCUT2D eigenvalue weighted by Crippen LogP contribution is -2.27. The number of hydrogen-bond donors (Lipinski definition) is 6. The van der Waals surface area contributed by atoms with Crippen LogP contribution >= 0.6 is 11.6 Å². The van der Waals surface area contributed by atoms with Gasteiger partial charge in [0.2, 0.25) is 29.7 Å². The van der Waals surface area contributed by atoms with Crippen LogP contribution in [0.4, 0.5) is 29.6 Å². The Morgan fingerprint density at radius 3 is 1.58 bits per heavy atom. The number of benzene rings is 4. The van der Waals surface area contributed by atoms with E-state index in [-0.39, 0.29) is 72.9 Å². The number of halogens is 1. The molecule has 0 saturated carbocycles. The molecular weight excluding hydrogens is 1090 g/mol. The summed E-state index contributed by atoms with van der Waals surface area (Å²) in [5.74, 6) is 2.50. The van der Waals surface area contributed by atoms with Crippen LogP contribution in [-0.2, 0) is 45.1 Å². The van der Waals surface area contributed by atoms with Gasteiger partial charge in [0.25, 0.3) is 0 Å². The second-order valence-electron chi connectivity index (χ2n) is 18.1. The highest BCUT2D eigenvalue weighted by molar-refractivity contribution is 6.34. The van der Waals surface area contributed by atoms with Gasteiger partial charge in [0.1, 0.15) is 68.2 Å². The third-order valence-electron chi connectivity index (χ3n) is 12.5. The molecule has 0 spiro atoms. The molecule has 4 aromatic carbocycles. The lowest BCUT2D eigenvalue weighted by Gasteiger charge is -2.13. The van der Waals surface area contributed by atoms with Crippen LogP contribution in [0.25, 0.3) is 54.9 Å². The number of methoxy groups -OCH3 is 4. The molecule has 0 unspecified atom stereocenters. The van der Waals surface area contributed by atoms with Crippen LogP contribution in [0.3, 0.4) is 0 Å². The van der Waals surface area contributed by atoms with Crippen molar-refractivity contribution in [1.82, 2.24) is 69.0 Å². The molecule has 0 aliphatic carbocycles. The first-order valence-electron chi connectivity index (χ1n) is 25.0. The Kier molecular flexibility index (Phi) is 16.9. The van der Waals surface area contributed by atoms with Crippen LogP contribution in [0, 0.1) is 0 Å². The molecule has 0 atom stereocenters. The van der Waals surface area contributed by atoms with Gasteiger partial charge in [-0.1, -0.05) is 41.9 Å².